The van der Waals surface area contributed by atoms with Gasteiger partial charge in [0.1, 0.15) is 5.75 Å². The Bertz CT molecular complexity index is 897. The highest BCUT2D eigenvalue weighted by Gasteiger charge is 2.23. The third-order valence-corrected chi connectivity index (χ3v) is 4.75. The molecule has 0 aliphatic carbocycles. The number of halogens is 1. The first-order valence-corrected chi connectivity index (χ1v) is 8.90. The molecular formula is C20H19ClN2O4. The van der Waals surface area contributed by atoms with Crippen LogP contribution >= 0.6 is 11.6 Å². The number of carbonyl (C=O) groups excluding carboxylic acids is 3. The van der Waals surface area contributed by atoms with Crippen molar-refractivity contribution in [3.63, 3.8) is 0 Å². The Balaban J connectivity index is 1.56. The van der Waals surface area contributed by atoms with Gasteiger partial charge in [0.2, 0.25) is 5.91 Å². The zero-order valence-electron chi connectivity index (χ0n) is 14.8. The Kier molecular flexibility index (Phi) is 5.76. The molecule has 1 heterocycles. The number of hydrogen-bond acceptors (Lipinski definition) is 4. The average Bonchev–Trinajstić information content (AvgIpc) is 2.68. The first-order valence-electron chi connectivity index (χ1n) is 8.52. The topological polar surface area (TPSA) is 75.7 Å². The van der Waals surface area contributed by atoms with Gasteiger partial charge in [-0.15, -0.1) is 0 Å². The molecule has 140 valence electrons. The van der Waals surface area contributed by atoms with Crippen molar-refractivity contribution >= 4 is 34.9 Å². The third kappa shape index (κ3) is 4.46. The fraction of sp³-hybridized carbons (Fsp3) is 0.250. The maximum atomic E-state index is 12.4. The summed E-state index contributed by atoms with van der Waals surface area (Å²) in [5, 5.41) is 3.35. The number of ether oxygens (including phenoxy) is 1. The molecular weight excluding hydrogens is 368 g/mol. The molecule has 1 aliphatic rings. The molecule has 0 fully saturated rings. The molecule has 0 spiro atoms. The molecule has 0 saturated carbocycles. The van der Waals surface area contributed by atoms with E-state index in [1.807, 2.05) is 18.2 Å². The molecule has 0 bridgehead atoms. The van der Waals surface area contributed by atoms with E-state index in [1.54, 1.807) is 31.3 Å². The monoisotopic (exact) mass is 386 g/mol. The molecule has 0 saturated heterocycles. The number of amides is 2. The molecule has 2 aromatic rings. The van der Waals surface area contributed by atoms with Gasteiger partial charge in [-0.05, 0) is 29.8 Å². The fourth-order valence-corrected chi connectivity index (χ4v) is 2.94. The van der Waals surface area contributed by atoms with Crippen LogP contribution in [0.3, 0.4) is 0 Å². The Hall–Kier alpha value is -2.86. The van der Waals surface area contributed by atoms with E-state index in [9.17, 15) is 14.4 Å². The molecule has 1 N–H and O–H groups in total. The predicted octanol–water partition coefficient (Wildman–Crippen LogP) is 2.97. The van der Waals surface area contributed by atoms with Gasteiger partial charge in [0.05, 0.1) is 5.69 Å². The van der Waals surface area contributed by atoms with E-state index >= 15 is 0 Å². The Labute approximate surface area is 162 Å². The highest BCUT2D eigenvalue weighted by Crippen LogP contribution is 2.32. The zero-order valence-corrected chi connectivity index (χ0v) is 15.6. The summed E-state index contributed by atoms with van der Waals surface area (Å²) >= 11 is 6.05. The van der Waals surface area contributed by atoms with E-state index in [2.05, 4.69) is 5.32 Å². The SMILES string of the molecule is CN1C(=O)COc2ccc(C(=O)CCC(=O)NCc3ccccc3Cl)cc21. The highest BCUT2D eigenvalue weighted by molar-refractivity contribution is 6.31. The number of fused-ring (bicyclic) bond motifs is 1. The molecule has 6 nitrogen and oxygen atoms in total. The highest BCUT2D eigenvalue weighted by atomic mass is 35.5. The molecule has 0 radical (unpaired) electrons. The number of nitrogens with zero attached hydrogens (tertiary/aromatic N) is 1. The lowest BCUT2D eigenvalue weighted by Crippen LogP contribution is -2.35. The summed E-state index contributed by atoms with van der Waals surface area (Å²) in [7, 11) is 1.64. The standard InChI is InChI=1S/C20H19ClN2O4/c1-23-16-10-13(6-8-18(16)27-12-20(23)26)17(24)7-9-19(25)22-11-14-4-2-3-5-15(14)21/h2-6,8,10H,7,9,11-12H2,1H3,(H,22,25). The summed E-state index contributed by atoms with van der Waals surface area (Å²) in [6, 6.07) is 12.2. The van der Waals surface area contributed by atoms with Gasteiger partial charge in [0.25, 0.3) is 5.91 Å². The van der Waals surface area contributed by atoms with Gasteiger partial charge in [-0.3, -0.25) is 14.4 Å². The summed E-state index contributed by atoms with van der Waals surface area (Å²) < 4.78 is 5.35. The van der Waals surface area contributed by atoms with Crippen molar-refractivity contribution in [3.05, 3.63) is 58.6 Å². The molecule has 0 atom stereocenters. The second-order valence-electron chi connectivity index (χ2n) is 6.22. The minimum Gasteiger partial charge on any atom is -0.482 e. The summed E-state index contributed by atoms with van der Waals surface area (Å²) in [6.07, 6.45) is 0.150. The Morgan fingerprint density at radius 1 is 1.19 bits per heavy atom. The van der Waals surface area contributed by atoms with Crippen LogP contribution in [0.25, 0.3) is 0 Å². The van der Waals surface area contributed by atoms with Crippen molar-refractivity contribution in [1.82, 2.24) is 5.32 Å². The van der Waals surface area contributed by atoms with E-state index in [4.69, 9.17) is 16.3 Å². The van der Waals surface area contributed by atoms with Crippen molar-refractivity contribution in [1.29, 1.82) is 0 Å². The maximum Gasteiger partial charge on any atom is 0.264 e. The van der Waals surface area contributed by atoms with E-state index < -0.39 is 0 Å². The molecule has 2 aromatic carbocycles. The van der Waals surface area contributed by atoms with Gasteiger partial charge in [-0.2, -0.15) is 0 Å². The number of ketones is 1. The summed E-state index contributed by atoms with van der Waals surface area (Å²) in [5.41, 5.74) is 1.82. The van der Waals surface area contributed by atoms with Gasteiger partial charge in [0, 0.05) is 37.0 Å². The van der Waals surface area contributed by atoms with Crippen molar-refractivity contribution in [2.45, 2.75) is 19.4 Å². The largest absolute Gasteiger partial charge is 0.482 e. The van der Waals surface area contributed by atoms with Crippen LogP contribution in [0, 0.1) is 0 Å². The van der Waals surface area contributed by atoms with Crippen LogP contribution in [0.4, 0.5) is 5.69 Å². The number of Topliss-reactive ketones (excluding diaryl/α,β-unsaturated/α-hetero) is 1. The van der Waals surface area contributed by atoms with Gasteiger partial charge >= 0.3 is 0 Å². The van der Waals surface area contributed by atoms with Crippen LogP contribution in [-0.2, 0) is 16.1 Å². The quantitative estimate of drug-likeness (QED) is 0.774. The zero-order chi connectivity index (χ0) is 19.4. The minimum absolute atomic E-state index is 0.0115. The van der Waals surface area contributed by atoms with E-state index in [0.717, 1.165) is 5.56 Å². The summed E-state index contributed by atoms with van der Waals surface area (Å²) in [4.78, 5) is 37.6. The molecule has 27 heavy (non-hydrogen) atoms. The van der Waals surface area contributed by atoms with E-state index in [1.165, 1.54) is 4.90 Å². The Morgan fingerprint density at radius 3 is 2.74 bits per heavy atom. The van der Waals surface area contributed by atoms with Crippen LogP contribution in [0.15, 0.2) is 42.5 Å². The number of hydrogen-bond donors (Lipinski definition) is 1. The van der Waals surface area contributed by atoms with Gasteiger partial charge in [0.15, 0.2) is 12.4 Å². The normalized spacial score (nSPS) is 13.0. The van der Waals surface area contributed by atoms with Gasteiger partial charge in [-0.25, -0.2) is 0 Å². The van der Waals surface area contributed by atoms with Crippen molar-refractivity contribution < 1.29 is 19.1 Å². The smallest absolute Gasteiger partial charge is 0.264 e. The third-order valence-electron chi connectivity index (χ3n) is 4.38. The number of rotatable bonds is 6. The minimum atomic E-state index is -0.225. The van der Waals surface area contributed by atoms with Crippen LogP contribution in [0.5, 0.6) is 5.75 Å². The lowest BCUT2D eigenvalue weighted by atomic mass is 10.0. The van der Waals surface area contributed by atoms with Crippen LogP contribution in [-0.4, -0.2) is 31.3 Å². The maximum absolute atomic E-state index is 12.4. The second kappa shape index (κ2) is 8.22. The van der Waals surface area contributed by atoms with Crippen molar-refractivity contribution in [2.75, 3.05) is 18.6 Å². The number of nitrogens with one attached hydrogen (secondary N) is 1. The number of anilines is 1. The van der Waals surface area contributed by atoms with Crippen LogP contribution in [0.2, 0.25) is 5.02 Å². The average molecular weight is 387 g/mol. The molecule has 3 rings (SSSR count). The lowest BCUT2D eigenvalue weighted by Gasteiger charge is -2.26. The molecule has 7 heteroatoms. The van der Waals surface area contributed by atoms with Gasteiger partial charge < -0.3 is 15.0 Å². The summed E-state index contributed by atoms with van der Waals surface area (Å²) in [6.45, 7) is 0.304. The first kappa shape index (κ1) is 18.9. The molecule has 0 unspecified atom stereocenters. The number of likely N-dealkylation sites (N-methyl/N-ethyl adjacent to an activating group) is 1. The molecule has 0 aromatic heterocycles. The number of benzene rings is 2. The second-order valence-corrected chi connectivity index (χ2v) is 6.62. The number of carbonyl (C=O) groups is 3. The Morgan fingerprint density at radius 2 is 1.96 bits per heavy atom. The predicted molar refractivity (Wildman–Crippen MR) is 102 cm³/mol. The molecule has 2 amide bonds. The lowest BCUT2D eigenvalue weighted by molar-refractivity contribution is -0.121. The van der Waals surface area contributed by atoms with E-state index in [0.29, 0.717) is 28.6 Å². The van der Waals surface area contributed by atoms with Crippen molar-refractivity contribution in [2.24, 2.45) is 0 Å². The fourth-order valence-electron chi connectivity index (χ4n) is 2.74. The van der Waals surface area contributed by atoms with Crippen LogP contribution < -0.4 is 15.0 Å². The molecule has 1 aliphatic heterocycles. The first-order chi connectivity index (χ1) is 13.0. The van der Waals surface area contributed by atoms with E-state index in [-0.39, 0.29) is 37.0 Å². The van der Waals surface area contributed by atoms with Crippen molar-refractivity contribution in [3.8, 4) is 5.75 Å². The van der Waals surface area contributed by atoms with Gasteiger partial charge in [-0.1, -0.05) is 29.8 Å². The summed E-state index contributed by atoms with van der Waals surface area (Å²) in [5.74, 6) is -0.00819. The van der Waals surface area contributed by atoms with Crippen LogP contribution in [0.1, 0.15) is 28.8 Å².